The van der Waals surface area contributed by atoms with Crippen LogP contribution in [0, 0.1) is 11.3 Å². The van der Waals surface area contributed by atoms with Crippen LogP contribution < -0.4 is 5.32 Å². The summed E-state index contributed by atoms with van der Waals surface area (Å²) in [7, 11) is 0. The summed E-state index contributed by atoms with van der Waals surface area (Å²) in [5.74, 6) is -0.260. The van der Waals surface area contributed by atoms with Crippen LogP contribution in [-0.4, -0.2) is 24.2 Å². The van der Waals surface area contributed by atoms with Gasteiger partial charge in [-0.25, -0.2) is 0 Å². The van der Waals surface area contributed by atoms with Gasteiger partial charge in [-0.3, -0.25) is 4.79 Å². The zero-order chi connectivity index (χ0) is 10.5. The Morgan fingerprint density at radius 3 is 2.54 bits per heavy atom. The van der Waals surface area contributed by atoms with Crippen LogP contribution in [0.15, 0.2) is 0 Å². The van der Waals surface area contributed by atoms with Gasteiger partial charge < -0.3 is 10.1 Å². The Hall–Kier alpha value is -1.08. The third kappa shape index (κ3) is 7.29. The molecule has 13 heavy (non-hydrogen) atoms. The molecule has 1 atom stereocenters. The second-order valence-electron chi connectivity index (χ2n) is 3.82. The normalized spacial score (nSPS) is 13.2. The zero-order valence-corrected chi connectivity index (χ0v) is 8.55. The van der Waals surface area contributed by atoms with E-state index in [-0.39, 0.29) is 18.1 Å². The van der Waals surface area contributed by atoms with Gasteiger partial charge in [0.15, 0.2) is 0 Å². The van der Waals surface area contributed by atoms with E-state index in [9.17, 15) is 4.79 Å². The number of nitrogens with zero attached hydrogens (tertiary/aromatic N) is 1. The molecule has 0 aromatic carbocycles. The molecule has 4 heteroatoms. The second-order valence-corrected chi connectivity index (χ2v) is 3.82. The Labute approximate surface area is 78.9 Å². The number of nitriles is 1. The Balaban J connectivity index is 3.72. The van der Waals surface area contributed by atoms with E-state index < -0.39 is 6.04 Å². The Bertz CT molecular complexity index is 213. The maximum Gasteiger partial charge on any atom is 0.247 e. The molecule has 0 spiro atoms. The third-order valence-electron chi connectivity index (χ3n) is 1.21. The van der Waals surface area contributed by atoms with Crippen molar-refractivity contribution in [2.45, 2.75) is 39.3 Å². The first-order valence-corrected chi connectivity index (χ1v) is 4.18. The number of rotatable bonds is 3. The molecule has 1 amide bonds. The van der Waals surface area contributed by atoms with Gasteiger partial charge in [0.05, 0.1) is 11.7 Å². The molecule has 0 rings (SSSR count). The molecule has 0 fully saturated rings. The summed E-state index contributed by atoms with van der Waals surface area (Å²) >= 11 is 0. The Morgan fingerprint density at radius 1 is 1.62 bits per heavy atom. The molecule has 0 saturated carbocycles. The van der Waals surface area contributed by atoms with E-state index in [1.807, 2.05) is 26.8 Å². The molecule has 0 aliphatic rings. The molecule has 0 saturated heterocycles. The molecule has 4 nitrogen and oxygen atoms in total. The minimum atomic E-state index is -0.462. The minimum absolute atomic E-state index is 0.00444. The molecular weight excluding hydrogens is 168 g/mol. The number of amides is 1. The Kier molecular flexibility index (Phi) is 4.43. The Morgan fingerprint density at radius 2 is 2.15 bits per heavy atom. The van der Waals surface area contributed by atoms with Crippen molar-refractivity contribution in [3.8, 4) is 6.07 Å². The van der Waals surface area contributed by atoms with E-state index >= 15 is 0 Å². The maximum absolute atomic E-state index is 11.1. The molecule has 74 valence electrons. The quantitative estimate of drug-likeness (QED) is 0.706. The second kappa shape index (κ2) is 4.83. The lowest BCUT2D eigenvalue weighted by Crippen LogP contribution is -2.36. The van der Waals surface area contributed by atoms with E-state index in [0.29, 0.717) is 0 Å². The van der Waals surface area contributed by atoms with Crippen LogP contribution in [0.25, 0.3) is 0 Å². The van der Waals surface area contributed by atoms with Gasteiger partial charge in [-0.2, -0.15) is 5.26 Å². The summed E-state index contributed by atoms with van der Waals surface area (Å²) < 4.78 is 5.22. The van der Waals surface area contributed by atoms with E-state index in [4.69, 9.17) is 10.00 Å². The summed E-state index contributed by atoms with van der Waals surface area (Å²) in [6, 6.07) is 1.44. The SMILES string of the molecule is CC(C#N)NC(=O)COC(C)(C)C. The van der Waals surface area contributed by atoms with Gasteiger partial charge in [0.2, 0.25) is 5.91 Å². The summed E-state index contributed by atoms with van der Waals surface area (Å²) in [6.07, 6.45) is 0. The van der Waals surface area contributed by atoms with Crippen LogP contribution in [0.1, 0.15) is 27.7 Å². The first-order chi connectivity index (χ1) is 5.85. The van der Waals surface area contributed by atoms with Crippen molar-refractivity contribution >= 4 is 5.91 Å². The van der Waals surface area contributed by atoms with Crippen LogP contribution >= 0.6 is 0 Å². The number of carbonyl (C=O) groups is 1. The maximum atomic E-state index is 11.1. The number of carbonyl (C=O) groups excluding carboxylic acids is 1. The van der Waals surface area contributed by atoms with Gasteiger partial charge in [0.25, 0.3) is 0 Å². The van der Waals surface area contributed by atoms with E-state index in [0.717, 1.165) is 0 Å². The fourth-order valence-corrected chi connectivity index (χ4v) is 0.597. The monoisotopic (exact) mass is 184 g/mol. The number of nitrogens with one attached hydrogen (secondary N) is 1. The largest absolute Gasteiger partial charge is 0.366 e. The molecular formula is C9H16N2O2. The molecule has 0 bridgehead atoms. The fourth-order valence-electron chi connectivity index (χ4n) is 0.597. The van der Waals surface area contributed by atoms with E-state index in [1.165, 1.54) is 0 Å². The molecule has 1 unspecified atom stereocenters. The van der Waals surface area contributed by atoms with Crippen LogP contribution in [-0.2, 0) is 9.53 Å². The number of hydrogen-bond acceptors (Lipinski definition) is 3. The standard InChI is InChI=1S/C9H16N2O2/c1-7(5-10)11-8(12)6-13-9(2,3)4/h7H,6H2,1-4H3,(H,11,12). The van der Waals surface area contributed by atoms with Crippen LogP contribution in [0.2, 0.25) is 0 Å². The van der Waals surface area contributed by atoms with Crippen molar-refractivity contribution in [1.29, 1.82) is 5.26 Å². The van der Waals surface area contributed by atoms with E-state index in [2.05, 4.69) is 5.32 Å². The average molecular weight is 184 g/mol. The van der Waals surface area contributed by atoms with Crippen molar-refractivity contribution in [2.75, 3.05) is 6.61 Å². The minimum Gasteiger partial charge on any atom is -0.366 e. The van der Waals surface area contributed by atoms with Gasteiger partial charge in [0, 0.05) is 0 Å². The highest BCUT2D eigenvalue weighted by Gasteiger charge is 2.13. The smallest absolute Gasteiger partial charge is 0.247 e. The van der Waals surface area contributed by atoms with E-state index in [1.54, 1.807) is 6.92 Å². The lowest BCUT2D eigenvalue weighted by molar-refractivity contribution is -0.130. The summed E-state index contributed by atoms with van der Waals surface area (Å²) in [4.78, 5) is 11.1. The molecule has 0 aromatic rings. The van der Waals surface area contributed by atoms with Gasteiger partial charge in [-0.05, 0) is 27.7 Å². The lowest BCUT2D eigenvalue weighted by atomic mass is 10.2. The van der Waals surface area contributed by atoms with Crippen molar-refractivity contribution in [2.24, 2.45) is 0 Å². The first kappa shape index (κ1) is 11.9. The van der Waals surface area contributed by atoms with Crippen molar-refractivity contribution < 1.29 is 9.53 Å². The zero-order valence-electron chi connectivity index (χ0n) is 8.55. The summed E-state index contributed by atoms with van der Waals surface area (Å²) in [5.41, 5.74) is -0.326. The number of hydrogen-bond donors (Lipinski definition) is 1. The predicted molar refractivity (Wildman–Crippen MR) is 48.9 cm³/mol. The van der Waals surface area contributed by atoms with Crippen LogP contribution in [0.3, 0.4) is 0 Å². The van der Waals surface area contributed by atoms with Gasteiger partial charge in [-0.1, -0.05) is 0 Å². The highest BCUT2D eigenvalue weighted by atomic mass is 16.5. The van der Waals surface area contributed by atoms with Gasteiger partial charge in [-0.15, -0.1) is 0 Å². The predicted octanol–water partition coefficient (Wildman–Crippen LogP) is 0.830. The van der Waals surface area contributed by atoms with Gasteiger partial charge in [0.1, 0.15) is 12.6 Å². The molecule has 0 aliphatic heterocycles. The fraction of sp³-hybridized carbons (Fsp3) is 0.778. The molecule has 0 aliphatic carbocycles. The summed E-state index contributed by atoms with van der Waals surface area (Å²) in [5, 5.41) is 10.9. The average Bonchev–Trinajstić information content (AvgIpc) is 1.99. The molecule has 0 heterocycles. The summed E-state index contributed by atoms with van der Waals surface area (Å²) in [6.45, 7) is 7.22. The van der Waals surface area contributed by atoms with Crippen LogP contribution in [0.5, 0.6) is 0 Å². The highest BCUT2D eigenvalue weighted by molar-refractivity contribution is 5.77. The van der Waals surface area contributed by atoms with Crippen molar-refractivity contribution in [3.05, 3.63) is 0 Å². The third-order valence-corrected chi connectivity index (χ3v) is 1.21. The van der Waals surface area contributed by atoms with Crippen LogP contribution in [0.4, 0.5) is 0 Å². The number of ether oxygens (including phenoxy) is 1. The molecule has 0 aromatic heterocycles. The topological polar surface area (TPSA) is 62.1 Å². The molecule has 1 N–H and O–H groups in total. The van der Waals surface area contributed by atoms with Gasteiger partial charge >= 0.3 is 0 Å². The van der Waals surface area contributed by atoms with Crippen molar-refractivity contribution in [3.63, 3.8) is 0 Å². The first-order valence-electron chi connectivity index (χ1n) is 4.18. The highest BCUT2D eigenvalue weighted by Crippen LogP contribution is 2.05. The molecule has 0 radical (unpaired) electrons. The van der Waals surface area contributed by atoms with Crippen molar-refractivity contribution in [1.82, 2.24) is 5.32 Å². The lowest BCUT2D eigenvalue weighted by Gasteiger charge is -2.19.